The molecule has 4 aromatic rings. The van der Waals surface area contributed by atoms with Crippen LogP contribution in [0.25, 0.3) is 11.0 Å². The van der Waals surface area contributed by atoms with E-state index in [-0.39, 0.29) is 17.3 Å². The molecule has 0 bridgehead atoms. The van der Waals surface area contributed by atoms with Crippen molar-refractivity contribution in [3.05, 3.63) is 98.1 Å². The molecule has 0 aliphatic rings. The van der Waals surface area contributed by atoms with E-state index in [2.05, 4.69) is 5.10 Å². The van der Waals surface area contributed by atoms with E-state index in [4.69, 9.17) is 21.8 Å². The maximum Gasteiger partial charge on any atom is 0.272 e. The van der Waals surface area contributed by atoms with Gasteiger partial charge in [-0.15, -0.1) is 0 Å². The zero-order chi connectivity index (χ0) is 26.7. The van der Waals surface area contributed by atoms with Gasteiger partial charge in [-0.25, -0.2) is 0 Å². The Morgan fingerprint density at radius 2 is 1.89 bits per heavy atom. The van der Waals surface area contributed by atoms with Crippen molar-refractivity contribution in [2.75, 3.05) is 13.1 Å². The number of hydrogen-bond donors (Lipinski definition) is 1. The highest BCUT2D eigenvalue weighted by Crippen LogP contribution is 2.35. The molecule has 2 aromatic heterocycles. The number of carbonyl (C=O) groups excluding carboxylic acids is 1. The molecule has 1 unspecified atom stereocenters. The molecular formula is C29H33ClN4O3. The molecule has 1 amide bonds. The summed E-state index contributed by atoms with van der Waals surface area (Å²) < 4.78 is 8.09. The number of rotatable bonds is 9. The minimum atomic E-state index is -0.510. The molecule has 0 fully saturated rings. The van der Waals surface area contributed by atoms with E-state index in [0.717, 1.165) is 11.3 Å². The molecule has 4 rings (SSSR count). The van der Waals surface area contributed by atoms with Crippen molar-refractivity contribution in [2.45, 2.75) is 39.7 Å². The van der Waals surface area contributed by atoms with Crippen LogP contribution >= 0.6 is 11.6 Å². The van der Waals surface area contributed by atoms with E-state index in [0.29, 0.717) is 58.9 Å². The second kappa shape index (κ2) is 11.3. The lowest BCUT2D eigenvalue weighted by molar-refractivity contribution is 0.0576. The van der Waals surface area contributed by atoms with E-state index < -0.39 is 6.04 Å². The van der Waals surface area contributed by atoms with Crippen LogP contribution in [-0.4, -0.2) is 33.7 Å². The molecule has 0 saturated carbocycles. The van der Waals surface area contributed by atoms with E-state index in [9.17, 15) is 9.59 Å². The Balaban J connectivity index is 1.95. The minimum absolute atomic E-state index is 0.0645. The Kier molecular flexibility index (Phi) is 8.15. The summed E-state index contributed by atoms with van der Waals surface area (Å²) in [6.07, 6.45) is 0.980. The molecule has 2 heterocycles. The molecule has 0 aliphatic heterocycles. The molecule has 0 radical (unpaired) electrons. The summed E-state index contributed by atoms with van der Waals surface area (Å²) in [5.41, 5.74) is 8.88. The average Bonchev–Trinajstić information content (AvgIpc) is 3.21. The third kappa shape index (κ3) is 5.63. The van der Waals surface area contributed by atoms with Crippen LogP contribution < -0.4 is 11.2 Å². The Labute approximate surface area is 221 Å². The van der Waals surface area contributed by atoms with Crippen molar-refractivity contribution in [3.8, 4) is 0 Å². The molecule has 0 spiro atoms. The van der Waals surface area contributed by atoms with E-state index in [1.165, 1.54) is 0 Å². The summed E-state index contributed by atoms with van der Waals surface area (Å²) in [7, 11) is 1.75. The number of fused-ring (bicyclic) bond motifs is 1. The van der Waals surface area contributed by atoms with Gasteiger partial charge in [0.25, 0.3) is 5.91 Å². The molecular weight excluding hydrogens is 488 g/mol. The Bertz CT molecular complexity index is 1460. The standard InChI is InChI=1S/C29H33ClN4O3/c1-18(2)26(34(14-8-13-31)29(36)24-15-19(3)32-33(24)4)28-23(16-20-9-6-5-7-10-20)27(35)22-12-11-21(30)17-25(22)37-28/h5-7,9-12,15,17-18,26H,8,13-14,16,31H2,1-4H3. The monoisotopic (exact) mass is 520 g/mol. The van der Waals surface area contributed by atoms with Crippen LogP contribution in [0.1, 0.15) is 59.4 Å². The quantitative estimate of drug-likeness (QED) is 0.324. The fraction of sp³-hybridized carbons (Fsp3) is 0.345. The zero-order valence-corrected chi connectivity index (χ0v) is 22.5. The van der Waals surface area contributed by atoms with Crippen LogP contribution in [0, 0.1) is 12.8 Å². The van der Waals surface area contributed by atoms with Crippen molar-refractivity contribution in [1.82, 2.24) is 14.7 Å². The summed E-state index contributed by atoms with van der Waals surface area (Å²) in [6.45, 7) is 6.73. The van der Waals surface area contributed by atoms with Gasteiger partial charge in [-0.1, -0.05) is 55.8 Å². The highest BCUT2D eigenvalue weighted by molar-refractivity contribution is 6.31. The van der Waals surface area contributed by atoms with Crippen LogP contribution in [0.5, 0.6) is 0 Å². The van der Waals surface area contributed by atoms with Crippen molar-refractivity contribution in [1.29, 1.82) is 0 Å². The van der Waals surface area contributed by atoms with Gasteiger partial charge in [0, 0.05) is 36.7 Å². The van der Waals surface area contributed by atoms with Crippen molar-refractivity contribution >= 4 is 28.5 Å². The Hall–Kier alpha value is -3.42. The summed E-state index contributed by atoms with van der Waals surface area (Å²) >= 11 is 6.27. The first kappa shape index (κ1) is 26.6. The predicted molar refractivity (Wildman–Crippen MR) is 147 cm³/mol. The smallest absolute Gasteiger partial charge is 0.272 e. The lowest BCUT2D eigenvalue weighted by atomic mass is 9.92. The molecule has 7 nitrogen and oxygen atoms in total. The van der Waals surface area contributed by atoms with Crippen LogP contribution in [0.2, 0.25) is 5.02 Å². The van der Waals surface area contributed by atoms with Crippen LogP contribution in [-0.2, 0) is 13.5 Å². The van der Waals surface area contributed by atoms with E-state index >= 15 is 0 Å². The zero-order valence-electron chi connectivity index (χ0n) is 21.7. The summed E-state index contributed by atoms with van der Waals surface area (Å²) in [5.74, 6) is 0.225. The Morgan fingerprint density at radius 1 is 1.16 bits per heavy atom. The highest BCUT2D eigenvalue weighted by Gasteiger charge is 2.34. The normalized spacial score (nSPS) is 12.3. The van der Waals surface area contributed by atoms with Gasteiger partial charge in [-0.05, 0) is 49.6 Å². The van der Waals surface area contributed by atoms with Gasteiger partial charge in [0.1, 0.15) is 17.0 Å². The number of amides is 1. The molecule has 2 aromatic carbocycles. The number of halogens is 1. The first-order valence-corrected chi connectivity index (χ1v) is 12.9. The van der Waals surface area contributed by atoms with Gasteiger partial charge in [-0.3, -0.25) is 14.3 Å². The van der Waals surface area contributed by atoms with E-state index in [1.807, 2.05) is 51.1 Å². The average molecular weight is 521 g/mol. The lowest BCUT2D eigenvalue weighted by Crippen LogP contribution is -2.40. The van der Waals surface area contributed by atoms with Gasteiger partial charge in [0.15, 0.2) is 5.43 Å². The number of benzene rings is 2. The van der Waals surface area contributed by atoms with Crippen LogP contribution in [0.4, 0.5) is 0 Å². The van der Waals surface area contributed by atoms with E-state index in [1.54, 1.807) is 40.9 Å². The molecule has 37 heavy (non-hydrogen) atoms. The summed E-state index contributed by atoms with van der Waals surface area (Å²) in [6, 6.07) is 16.1. The summed E-state index contributed by atoms with van der Waals surface area (Å²) in [4.78, 5) is 29.6. The minimum Gasteiger partial charge on any atom is -0.458 e. The number of nitrogens with zero attached hydrogens (tertiary/aromatic N) is 3. The maximum absolute atomic E-state index is 14.0. The number of aryl methyl sites for hydroxylation is 2. The second-order valence-electron chi connectivity index (χ2n) is 9.70. The maximum atomic E-state index is 14.0. The molecule has 0 aliphatic carbocycles. The number of hydrogen-bond acceptors (Lipinski definition) is 5. The SMILES string of the molecule is Cc1cc(C(=O)N(CCCN)C(c2oc3cc(Cl)ccc3c(=O)c2Cc2ccccc2)C(C)C)n(C)n1. The first-order valence-electron chi connectivity index (χ1n) is 12.5. The highest BCUT2D eigenvalue weighted by atomic mass is 35.5. The lowest BCUT2D eigenvalue weighted by Gasteiger charge is -2.35. The van der Waals surface area contributed by atoms with Crippen molar-refractivity contribution < 1.29 is 9.21 Å². The van der Waals surface area contributed by atoms with Gasteiger partial charge >= 0.3 is 0 Å². The predicted octanol–water partition coefficient (Wildman–Crippen LogP) is 5.27. The van der Waals surface area contributed by atoms with Gasteiger partial charge in [-0.2, -0.15) is 5.10 Å². The largest absolute Gasteiger partial charge is 0.458 e. The van der Waals surface area contributed by atoms with Crippen molar-refractivity contribution in [3.63, 3.8) is 0 Å². The second-order valence-corrected chi connectivity index (χ2v) is 10.1. The number of carbonyl (C=O) groups is 1. The fourth-order valence-corrected chi connectivity index (χ4v) is 4.98. The first-order chi connectivity index (χ1) is 17.7. The van der Waals surface area contributed by atoms with Crippen LogP contribution in [0.3, 0.4) is 0 Å². The molecule has 8 heteroatoms. The molecule has 1 atom stereocenters. The molecule has 2 N–H and O–H groups in total. The fourth-order valence-electron chi connectivity index (χ4n) is 4.82. The van der Waals surface area contributed by atoms with Gasteiger partial charge < -0.3 is 15.1 Å². The Morgan fingerprint density at radius 3 is 2.51 bits per heavy atom. The molecule has 194 valence electrons. The topological polar surface area (TPSA) is 94.4 Å². The van der Waals surface area contributed by atoms with Gasteiger partial charge in [0.05, 0.1) is 17.1 Å². The third-order valence-electron chi connectivity index (χ3n) is 6.52. The molecule has 0 saturated heterocycles. The third-order valence-corrected chi connectivity index (χ3v) is 6.76. The summed E-state index contributed by atoms with van der Waals surface area (Å²) in [5, 5.41) is 5.30. The van der Waals surface area contributed by atoms with Crippen molar-refractivity contribution in [2.24, 2.45) is 18.7 Å². The number of nitrogens with two attached hydrogens (primary N) is 1. The van der Waals surface area contributed by atoms with Gasteiger partial charge in [0.2, 0.25) is 0 Å². The number of aromatic nitrogens is 2. The van der Waals surface area contributed by atoms with Crippen LogP contribution in [0.15, 0.2) is 63.8 Å².